The molecule has 1 fully saturated rings. The van der Waals surface area contributed by atoms with Crippen LogP contribution >= 0.6 is 0 Å². The highest BCUT2D eigenvalue weighted by Crippen LogP contribution is 2.23. The van der Waals surface area contributed by atoms with Crippen LogP contribution in [0, 0.1) is 5.92 Å². The lowest BCUT2D eigenvalue weighted by Gasteiger charge is -2.20. The minimum absolute atomic E-state index is 0.0874. The molecular weight excluding hydrogens is 382 g/mol. The molecule has 1 aromatic carbocycles. The topological polar surface area (TPSA) is 105 Å². The Bertz CT molecular complexity index is 844. The first-order chi connectivity index (χ1) is 14.6. The van der Waals surface area contributed by atoms with Gasteiger partial charge in [-0.25, -0.2) is 4.98 Å². The van der Waals surface area contributed by atoms with Gasteiger partial charge in [0.15, 0.2) is 0 Å². The number of nitrogens with zero attached hydrogens (tertiary/aromatic N) is 2. The molecule has 1 heterocycles. The van der Waals surface area contributed by atoms with E-state index in [4.69, 9.17) is 0 Å². The Morgan fingerprint density at radius 1 is 1.07 bits per heavy atom. The van der Waals surface area contributed by atoms with Gasteiger partial charge in [-0.2, -0.15) is 0 Å². The van der Waals surface area contributed by atoms with Crippen molar-refractivity contribution in [3.63, 3.8) is 0 Å². The zero-order valence-corrected chi connectivity index (χ0v) is 17.1. The molecule has 0 saturated heterocycles. The SMILES string of the molecule is O=C(CCn1ccnc1)Nc1cccc(C(=O)NCCNC(=O)C2CCCCC2)c1. The van der Waals surface area contributed by atoms with E-state index in [1.807, 2.05) is 4.57 Å². The minimum Gasteiger partial charge on any atom is -0.354 e. The molecule has 0 radical (unpaired) electrons. The molecule has 1 aliphatic carbocycles. The van der Waals surface area contributed by atoms with Crippen molar-refractivity contribution in [2.75, 3.05) is 18.4 Å². The van der Waals surface area contributed by atoms with Crippen molar-refractivity contribution in [2.45, 2.75) is 45.1 Å². The van der Waals surface area contributed by atoms with Crippen LogP contribution in [0.3, 0.4) is 0 Å². The van der Waals surface area contributed by atoms with Gasteiger partial charge in [-0.05, 0) is 31.0 Å². The van der Waals surface area contributed by atoms with Crippen LogP contribution in [0.25, 0.3) is 0 Å². The average Bonchev–Trinajstić information content (AvgIpc) is 3.29. The summed E-state index contributed by atoms with van der Waals surface area (Å²) in [5.41, 5.74) is 1.03. The second kappa shape index (κ2) is 11.1. The van der Waals surface area contributed by atoms with Gasteiger partial charge in [0.25, 0.3) is 5.91 Å². The number of anilines is 1. The Hall–Kier alpha value is -3.16. The number of benzene rings is 1. The second-order valence-electron chi connectivity index (χ2n) is 7.56. The van der Waals surface area contributed by atoms with E-state index in [0.29, 0.717) is 37.3 Å². The highest BCUT2D eigenvalue weighted by molar-refractivity contribution is 5.97. The Balaban J connectivity index is 1.39. The molecule has 8 nitrogen and oxygen atoms in total. The van der Waals surface area contributed by atoms with Gasteiger partial charge in [-0.3, -0.25) is 14.4 Å². The van der Waals surface area contributed by atoms with E-state index in [-0.39, 0.29) is 23.6 Å². The zero-order valence-electron chi connectivity index (χ0n) is 17.1. The van der Waals surface area contributed by atoms with E-state index in [1.165, 1.54) is 6.42 Å². The summed E-state index contributed by atoms with van der Waals surface area (Å²) in [5.74, 6) is -0.170. The molecule has 2 aromatic rings. The van der Waals surface area contributed by atoms with Crippen LogP contribution in [0.4, 0.5) is 5.69 Å². The lowest BCUT2D eigenvalue weighted by molar-refractivity contribution is -0.125. The number of amides is 3. The molecule has 160 valence electrons. The first-order valence-electron chi connectivity index (χ1n) is 10.5. The van der Waals surface area contributed by atoms with Gasteiger partial charge in [0, 0.05) is 55.6 Å². The number of imidazole rings is 1. The molecule has 0 spiro atoms. The molecule has 30 heavy (non-hydrogen) atoms. The van der Waals surface area contributed by atoms with Crippen molar-refractivity contribution in [2.24, 2.45) is 5.92 Å². The molecule has 3 amide bonds. The van der Waals surface area contributed by atoms with Crippen LogP contribution in [0.15, 0.2) is 43.0 Å². The van der Waals surface area contributed by atoms with Gasteiger partial charge in [0.2, 0.25) is 11.8 Å². The lowest BCUT2D eigenvalue weighted by atomic mass is 9.89. The Morgan fingerprint density at radius 3 is 2.63 bits per heavy atom. The fourth-order valence-electron chi connectivity index (χ4n) is 3.58. The van der Waals surface area contributed by atoms with Crippen molar-refractivity contribution in [3.8, 4) is 0 Å². The standard InChI is InChI=1S/C22H29N5O3/c28-20(9-13-27-14-12-23-16-27)26-19-8-4-7-18(15-19)22(30)25-11-10-24-21(29)17-5-2-1-3-6-17/h4,7-8,12,14-17H,1-3,5-6,9-11,13H2,(H,24,29)(H,25,30)(H,26,28). The van der Waals surface area contributed by atoms with Crippen molar-refractivity contribution in [3.05, 3.63) is 48.5 Å². The van der Waals surface area contributed by atoms with Crippen LogP contribution < -0.4 is 16.0 Å². The third-order valence-electron chi connectivity index (χ3n) is 5.25. The van der Waals surface area contributed by atoms with Gasteiger partial charge < -0.3 is 20.5 Å². The lowest BCUT2D eigenvalue weighted by Crippen LogP contribution is -2.38. The fraction of sp³-hybridized carbons (Fsp3) is 0.455. The number of carbonyl (C=O) groups is 3. The van der Waals surface area contributed by atoms with Crippen LogP contribution in [0.5, 0.6) is 0 Å². The number of hydrogen-bond donors (Lipinski definition) is 3. The normalized spacial score (nSPS) is 14.1. The van der Waals surface area contributed by atoms with Gasteiger partial charge in [0.1, 0.15) is 0 Å². The second-order valence-corrected chi connectivity index (χ2v) is 7.56. The summed E-state index contributed by atoms with van der Waals surface area (Å²) in [4.78, 5) is 40.5. The molecule has 1 aromatic heterocycles. The highest BCUT2D eigenvalue weighted by atomic mass is 16.2. The fourth-order valence-corrected chi connectivity index (χ4v) is 3.58. The van der Waals surface area contributed by atoms with E-state index in [2.05, 4.69) is 20.9 Å². The van der Waals surface area contributed by atoms with Gasteiger partial charge >= 0.3 is 0 Å². The number of rotatable bonds is 9. The molecule has 0 atom stereocenters. The molecule has 1 aliphatic rings. The summed E-state index contributed by atoms with van der Waals surface area (Å²) in [6.45, 7) is 1.31. The Morgan fingerprint density at radius 2 is 1.87 bits per heavy atom. The van der Waals surface area contributed by atoms with Crippen molar-refractivity contribution >= 4 is 23.4 Å². The van der Waals surface area contributed by atoms with Gasteiger partial charge in [0.05, 0.1) is 6.33 Å². The molecule has 3 N–H and O–H groups in total. The van der Waals surface area contributed by atoms with E-state index < -0.39 is 0 Å². The van der Waals surface area contributed by atoms with Crippen LogP contribution in [0.2, 0.25) is 0 Å². The predicted octanol–water partition coefficient (Wildman–Crippen LogP) is 2.34. The molecule has 8 heteroatoms. The van der Waals surface area contributed by atoms with E-state index in [0.717, 1.165) is 25.7 Å². The maximum absolute atomic E-state index is 12.4. The monoisotopic (exact) mass is 411 g/mol. The number of nitrogens with one attached hydrogen (secondary N) is 3. The predicted molar refractivity (Wildman–Crippen MR) is 114 cm³/mol. The Labute approximate surface area is 176 Å². The van der Waals surface area contributed by atoms with Crippen molar-refractivity contribution in [1.82, 2.24) is 20.2 Å². The summed E-state index contributed by atoms with van der Waals surface area (Å²) in [7, 11) is 0. The summed E-state index contributed by atoms with van der Waals surface area (Å²) in [6, 6.07) is 6.81. The number of hydrogen-bond acceptors (Lipinski definition) is 4. The van der Waals surface area contributed by atoms with Crippen molar-refractivity contribution < 1.29 is 14.4 Å². The summed E-state index contributed by atoms with van der Waals surface area (Å²) in [5, 5.41) is 8.52. The van der Waals surface area contributed by atoms with Gasteiger partial charge in [-0.1, -0.05) is 25.3 Å². The molecule has 0 bridgehead atoms. The first kappa shape index (κ1) is 21.5. The Kier molecular flexibility index (Phi) is 8.00. The first-order valence-corrected chi connectivity index (χ1v) is 10.5. The number of carbonyl (C=O) groups excluding carboxylic acids is 3. The van der Waals surface area contributed by atoms with E-state index in [9.17, 15) is 14.4 Å². The van der Waals surface area contributed by atoms with Gasteiger partial charge in [-0.15, -0.1) is 0 Å². The average molecular weight is 412 g/mol. The third-order valence-corrected chi connectivity index (χ3v) is 5.25. The highest BCUT2D eigenvalue weighted by Gasteiger charge is 2.20. The molecular formula is C22H29N5O3. The molecule has 0 aliphatic heterocycles. The number of aryl methyl sites for hydroxylation is 1. The zero-order chi connectivity index (χ0) is 21.2. The van der Waals surface area contributed by atoms with E-state index >= 15 is 0 Å². The van der Waals surface area contributed by atoms with Crippen molar-refractivity contribution in [1.29, 1.82) is 0 Å². The van der Waals surface area contributed by atoms with E-state index in [1.54, 1.807) is 43.0 Å². The van der Waals surface area contributed by atoms with Crippen LogP contribution in [-0.4, -0.2) is 40.4 Å². The molecule has 1 saturated carbocycles. The maximum Gasteiger partial charge on any atom is 0.251 e. The quantitative estimate of drug-likeness (QED) is 0.551. The third kappa shape index (κ3) is 6.72. The van der Waals surface area contributed by atoms with Crippen LogP contribution in [0.1, 0.15) is 48.9 Å². The summed E-state index contributed by atoms with van der Waals surface area (Å²) >= 11 is 0. The minimum atomic E-state index is -0.239. The maximum atomic E-state index is 12.4. The smallest absolute Gasteiger partial charge is 0.251 e. The number of aromatic nitrogens is 2. The van der Waals surface area contributed by atoms with Crippen LogP contribution in [-0.2, 0) is 16.1 Å². The summed E-state index contributed by atoms with van der Waals surface area (Å²) in [6.07, 6.45) is 10.8. The largest absolute Gasteiger partial charge is 0.354 e. The molecule has 3 rings (SSSR count). The molecule has 0 unspecified atom stereocenters. The summed E-state index contributed by atoms with van der Waals surface area (Å²) < 4.78 is 1.83.